The molecule has 16 heavy (non-hydrogen) atoms. The third kappa shape index (κ3) is 4.27. The molecule has 3 N–H and O–H groups in total. The van der Waals surface area contributed by atoms with Crippen molar-refractivity contribution in [3.63, 3.8) is 0 Å². The lowest BCUT2D eigenvalue weighted by atomic mass is 10.2. The Kier molecular flexibility index (Phi) is 5.28. The van der Waals surface area contributed by atoms with Gasteiger partial charge in [0.25, 0.3) is 0 Å². The van der Waals surface area contributed by atoms with Crippen LogP contribution in [-0.4, -0.2) is 40.6 Å². The van der Waals surface area contributed by atoms with Gasteiger partial charge in [0.1, 0.15) is 0 Å². The highest BCUT2D eigenvalue weighted by molar-refractivity contribution is 5.81. The molecule has 0 unspecified atom stereocenters. The molecule has 0 fully saturated rings. The molecule has 0 bridgehead atoms. The Morgan fingerprint density at radius 3 is 2.75 bits per heavy atom. The molecule has 0 aromatic carbocycles. The maximum absolute atomic E-state index is 8.49. The highest BCUT2D eigenvalue weighted by Gasteiger charge is 2.05. The molecule has 1 heterocycles. The Morgan fingerprint density at radius 1 is 1.50 bits per heavy atom. The number of oxime groups is 1. The highest BCUT2D eigenvalue weighted by atomic mass is 16.4. The van der Waals surface area contributed by atoms with Gasteiger partial charge in [-0.1, -0.05) is 12.1 Å². The summed E-state index contributed by atoms with van der Waals surface area (Å²) in [5.74, 6) is 0.247. The van der Waals surface area contributed by atoms with Crippen molar-refractivity contribution in [2.24, 2.45) is 10.9 Å². The van der Waals surface area contributed by atoms with E-state index in [9.17, 15) is 0 Å². The Bertz CT molecular complexity index is 326. The molecular weight excluding hydrogens is 204 g/mol. The first-order valence-corrected chi connectivity index (χ1v) is 5.34. The van der Waals surface area contributed by atoms with E-state index in [4.69, 9.17) is 10.9 Å². The van der Waals surface area contributed by atoms with Gasteiger partial charge in [0.2, 0.25) is 0 Å². The molecule has 1 aromatic rings. The van der Waals surface area contributed by atoms with Gasteiger partial charge in [-0.3, -0.25) is 9.88 Å². The summed E-state index contributed by atoms with van der Waals surface area (Å²) in [6, 6.07) is 3.99. The van der Waals surface area contributed by atoms with Crippen molar-refractivity contribution in [2.45, 2.75) is 13.3 Å². The van der Waals surface area contributed by atoms with Gasteiger partial charge >= 0.3 is 0 Å². The lowest BCUT2D eigenvalue weighted by Crippen LogP contribution is -2.35. The molecule has 5 nitrogen and oxygen atoms in total. The van der Waals surface area contributed by atoms with Gasteiger partial charge in [-0.2, -0.15) is 0 Å². The van der Waals surface area contributed by atoms with Crippen LogP contribution >= 0.6 is 0 Å². The number of amidine groups is 1. The average Bonchev–Trinajstić information content (AvgIpc) is 2.35. The molecule has 0 radical (unpaired) electrons. The number of rotatable bonds is 6. The van der Waals surface area contributed by atoms with E-state index in [1.165, 1.54) is 5.56 Å². The predicted molar refractivity (Wildman–Crippen MR) is 63.5 cm³/mol. The van der Waals surface area contributed by atoms with Gasteiger partial charge in [-0.25, -0.2) is 0 Å². The summed E-state index contributed by atoms with van der Waals surface area (Å²) in [5, 5.41) is 11.5. The topological polar surface area (TPSA) is 74.7 Å². The third-order valence-electron chi connectivity index (χ3n) is 2.43. The van der Waals surface area contributed by atoms with Crippen LogP contribution in [0.3, 0.4) is 0 Å². The largest absolute Gasteiger partial charge is 0.409 e. The van der Waals surface area contributed by atoms with Gasteiger partial charge < -0.3 is 10.9 Å². The van der Waals surface area contributed by atoms with Crippen LogP contribution in [0.4, 0.5) is 0 Å². The van der Waals surface area contributed by atoms with E-state index in [0.717, 1.165) is 19.5 Å². The summed E-state index contributed by atoms with van der Waals surface area (Å²) < 4.78 is 0. The fourth-order valence-corrected chi connectivity index (χ4v) is 1.45. The van der Waals surface area contributed by atoms with Crippen molar-refractivity contribution < 1.29 is 5.21 Å². The molecule has 0 aliphatic heterocycles. The summed E-state index contributed by atoms with van der Waals surface area (Å²) in [5.41, 5.74) is 6.71. The van der Waals surface area contributed by atoms with E-state index in [2.05, 4.69) is 22.0 Å². The van der Waals surface area contributed by atoms with Crippen LogP contribution in [0.15, 0.2) is 29.7 Å². The van der Waals surface area contributed by atoms with Gasteiger partial charge in [0, 0.05) is 18.9 Å². The van der Waals surface area contributed by atoms with Gasteiger partial charge in [-0.05, 0) is 30.7 Å². The van der Waals surface area contributed by atoms with E-state index in [1.54, 1.807) is 12.4 Å². The average molecular weight is 222 g/mol. The van der Waals surface area contributed by atoms with E-state index >= 15 is 0 Å². The van der Waals surface area contributed by atoms with E-state index in [-0.39, 0.29) is 5.84 Å². The van der Waals surface area contributed by atoms with Crippen LogP contribution in [0.5, 0.6) is 0 Å². The predicted octanol–water partition coefficient (Wildman–Crippen LogP) is 0.692. The summed E-state index contributed by atoms with van der Waals surface area (Å²) in [6.07, 6.45) is 4.51. The molecule has 0 saturated heterocycles. The summed E-state index contributed by atoms with van der Waals surface area (Å²) in [7, 11) is 0. The fourth-order valence-electron chi connectivity index (χ4n) is 1.45. The highest BCUT2D eigenvalue weighted by Crippen LogP contribution is 1.99. The molecule has 0 atom stereocenters. The second-order valence-electron chi connectivity index (χ2n) is 3.57. The van der Waals surface area contributed by atoms with Crippen molar-refractivity contribution in [3.8, 4) is 0 Å². The zero-order valence-electron chi connectivity index (χ0n) is 9.50. The van der Waals surface area contributed by atoms with E-state index < -0.39 is 0 Å². The molecule has 5 heteroatoms. The first-order chi connectivity index (χ1) is 7.76. The minimum absolute atomic E-state index is 0.247. The smallest absolute Gasteiger partial charge is 0.153 e. The van der Waals surface area contributed by atoms with Crippen LogP contribution in [-0.2, 0) is 6.42 Å². The lowest BCUT2D eigenvalue weighted by Gasteiger charge is -2.19. The molecule has 1 aromatic heterocycles. The zero-order valence-corrected chi connectivity index (χ0v) is 9.50. The molecule has 1 rings (SSSR count). The Labute approximate surface area is 95.6 Å². The van der Waals surface area contributed by atoms with E-state index in [0.29, 0.717) is 6.54 Å². The van der Waals surface area contributed by atoms with E-state index in [1.807, 2.05) is 12.1 Å². The van der Waals surface area contributed by atoms with Crippen LogP contribution < -0.4 is 5.73 Å². The van der Waals surface area contributed by atoms with Gasteiger partial charge in [-0.15, -0.1) is 0 Å². The van der Waals surface area contributed by atoms with Crippen molar-refractivity contribution in [3.05, 3.63) is 30.1 Å². The zero-order chi connectivity index (χ0) is 11.8. The van der Waals surface area contributed by atoms with Crippen molar-refractivity contribution in [2.75, 3.05) is 19.6 Å². The first kappa shape index (κ1) is 12.4. The summed E-state index contributed by atoms with van der Waals surface area (Å²) in [4.78, 5) is 6.09. The minimum Gasteiger partial charge on any atom is -0.409 e. The molecular formula is C11H18N4O. The Morgan fingerprint density at radius 2 is 2.19 bits per heavy atom. The van der Waals surface area contributed by atoms with Crippen LogP contribution in [0.2, 0.25) is 0 Å². The standard InChI is InChI=1S/C11H18N4O/c1-2-15(9-11(12)14-16)8-5-10-3-6-13-7-4-10/h3-4,6-7,16H,2,5,8-9H2,1H3,(H2,12,14). The summed E-state index contributed by atoms with van der Waals surface area (Å²) in [6.45, 7) is 4.31. The third-order valence-corrected chi connectivity index (χ3v) is 2.43. The number of hydrogen-bond acceptors (Lipinski definition) is 4. The maximum Gasteiger partial charge on any atom is 0.153 e. The Hall–Kier alpha value is -1.62. The molecule has 0 saturated carbocycles. The van der Waals surface area contributed by atoms with Crippen LogP contribution in [0.25, 0.3) is 0 Å². The molecule has 0 spiro atoms. The van der Waals surface area contributed by atoms with Crippen molar-refractivity contribution in [1.82, 2.24) is 9.88 Å². The number of hydrogen-bond donors (Lipinski definition) is 2. The lowest BCUT2D eigenvalue weighted by molar-refractivity contribution is 0.300. The first-order valence-electron chi connectivity index (χ1n) is 5.34. The summed E-state index contributed by atoms with van der Waals surface area (Å²) >= 11 is 0. The Balaban J connectivity index is 2.40. The molecule has 88 valence electrons. The van der Waals surface area contributed by atoms with Gasteiger partial charge in [0.05, 0.1) is 6.54 Å². The number of pyridine rings is 1. The maximum atomic E-state index is 8.49. The second kappa shape index (κ2) is 6.79. The number of aromatic nitrogens is 1. The molecule has 0 aliphatic rings. The second-order valence-corrected chi connectivity index (χ2v) is 3.57. The van der Waals surface area contributed by atoms with Crippen LogP contribution in [0, 0.1) is 0 Å². The van der Waals surface area contributed by atoms with Crippen LogP contribution in [0.1, 0.15) is 12.5 Å². The van der Waals surface area contributed by atoms with Crippen molar-refractivity contribution in [1.29, 1.82) is 0 Å². The number of nitrogens with zero attached hydrogens (tertiary/aromatic N) is 3. The SMILES string of the molecule is CCN(CCc1ccncc1)CC(N)=NO. The quantitative estimate of drug-likeness (QED) is 0.321. The molecule has 0 aliphatic carbocycles. The minimum atomic E-state index is 0.247. The normalized spacial score (nSPS) is 12.0. The van der Waals surface area contributed by atoms with Gasteiger partial charge in [0.15, 0.2) is 5.84 Å². The molecule has 0 amide bonds. The fraction of sp³-hybridized carbons (Fsp3) is 0.455. The number of likely N-dealkylation sites (N-methyl/N-ethyl adjacent to an activating group) is 1. The number of nitrogens with two attached hydrogens (primary N) is 1. The van der Waals surface area contributed by atoms with Crippen molar-refractivity contribution >= 4 is 5.84 Å². The monoisotopic (exact) mass is 222 g/mol.